The average molecular weight is 406 g/mol. The standard InChI is InChI=1S/C22H19FN4O3/c1-3-12-25-14-24-20-19(25)21(28)26(13-15-4-10-18(30-2)11-5-15)22(29)27(20)17-8-6-16(23)7-9-17/h3-11,14H,1,12-13H2,2H3. The van der Waals surface area contributed by atoms with Crippen molar-refractivity contribution < 1.29 is 9.13 Å². The van der Waals surface area contributed by atoms with Crippen LogP contribution in [0.25, 0.3) is 16.9 Å². The minimum absolute atomic E-state index is 0.0675. The van der Waals surface area contributed by atoms with Crippen molar-refractivity contribution in [2.24, 2.45) is 0 Å². The second kappa shape index (κ2) is 7.82. The van der Waals surface area contributed by atoms with Gasteiger partial charge in [-0.05, 0) is 42.0 Å². The van der Waals surface area contributed by atoms with E-state index in [2.05, 4.69) is 11.6 Å². The molecule has 0 spiro atoms. The lowest BCUT2D eigenvalue weighted by molar-refractivity contribution is 0.414. The molecule has 4 aromatic rings. The molecule has 0 saturated heterocycles. The molecule has 0 atom stereocenters. The number of rotatable bonds is 6. The zero-order chi connectivity index (χ0) is 21.3. The quantitative estimate of drug-likeness (QED) is 0.462. The van der Waals surface area contributed by atoms with Crippen LogP contribution in [0.4, 0.5) is 4.39 Å². The lowest BCUT2D eigenvalue weighted by atomic mass is 10.2. The van der Waals surface area contributed by atoms with Crippen LogP contribution in [-0.4, -0.2) is 25.8 Å². The molecule has 0 aliphatic heterocycles. The molecule has 4 rings (SSSR count). The van der Waals surface area contributed by atoms with Crippen LogP contribution < -0.4 is 16.0 Å². The van der Waals surface area contributed by atoms with Gasteiger partial charge in [0.05, 0.1) is 25.7 Å². The van der Waals surface area contributed by atoms with Crippen LogP contribution in [0.3, 0.4) is 0 Å². The number of halogens is 1. The number of aromatic nitrogens is 4. The molecule has 0 aliphatic rings. The fourth-order valence-electron chi connectivity index (χ4n) is 3.33. The second-order valence-corrected chi connectivity index (χ2v) is 6.69. The molecule has 8 heteroatoms. The van der Waals surface area contributed by atoms with Crippen LogP contribution in [0.15, 0.2) is 77.1 Å². The van der Waals surface area contributed by atoms with E-state index in [1.807, 2.05) is 0 Å². The maximum Gasteiger partial charge on any atom is 0.337 e. The SMILES string of the molecule is C=CCn1cnc2c1c(=O)n(Cc1ccc(OC)cc1)c(=O)n2-c1ccc(F)cc1. The first-order valence-corrected chi connectivity index (χ1v) is 9.24. The van der Waals surface area contributed by atoms with E-state index in [0.29, 0.717) is 18.0 Å². The minimum atomic E-state index is -0.557. The number of fused-ring (bicyclic) bond motifs is 1. The van der Waals surface area contributed by atoms with Crippen molar-refractivity contribution >= 4 is 11.2 Å². The number of nitrogens with zero attached hydrogens (tertiary/aromatic N) is 4. The molecule has 152 valence electrons. The Morgan fingerprint density at radius 2 is 1.80 bits per heavy atom. The largest absolute Gasteiger partial charge is 0.497 e. The highest BCUT2D eigenvalue weighted by Crippen LogP contribution is 2.15. The molecule has 2 aromatic carbocycles. The minimum Gasteiger partial charge on any atom is -0.497 e. The summed E-state index contributed by atoms with van der Waals surface area (Å²) in [4.78, 5) is 30.8. The third-order valence-corrected chi connectivity index (χ3v) is 4.81. The predicted octanol–water partition coefficient (Wildman–Crippen LogP) is 2.73. The fraction of sp³-hybridized carbons (Fsp3) is 0.136. The summed E-state index contributed by atoms with van der Waals surface area (Å²) in [7, 11) is 1.57. The van der Waals surface area contributed by atoms with Gasteiger partial charge in [-0.3, -0.25) is 9.36 Å². The summed E-state index contributed by atoms with van der Waals surface area (Å²) in [6, 6.07) is 12.6. The predicted molar refractivity (Wildman–Crippen MR) is 112 cm³/mol. The monoisotopic (exact) mass is 406 g/mol. The van der Waals surface area contributed by atoms with E-state index >= 15 is 0 Å². The van der Waals surface area contributed by atoms with Gasteiger partial charge in [0, 0.05) is 6.54 Å². The van der Waals surface area contributed by atoms with Gasteiger partial charge in [-0.2, -0.15) is 0 Å². The van der Waals surface area contributed by atoms with Gasteiger partial charge in [-0.15, -0.1) is 6.58 Å². The van der Waals surface area contributed by atoms with Crippen LogP contribution >= 0.6 is 0 Å². The number of hydrogen-bond donors (Lipinski definition) is 0. The normalized spacial score (nSPS) is 11.0. The zero-order valence-corrected chi connectivity index (χ0v) is 16.3. The summed E-state index contributed by atoms with van der Waals surface area (Å²) in [6.07, 6.45) is 3.13. The van der Waals surface area contributed by atoms with Gasteiger partial charge in [0.2, 0.25) is 0 Å². The molecule has 0 unspecified atom stereocenters. The highest BCUT2D eigenvalue weighted by molar-refractivity contribution is 5.72. The maximum absolute atomic E-state index is 13.4. The summed E-state index contributed by atoms with van der Waals surface area (Å²) in [5.74, 6) is 0.251. The molecular weight excluding hydrogens is 387 g/mol. The molecule has 7 nitrogen and oxygen atoms in total. The van der Waals surface area contributed by atoms with Crippen molar-refractivity contribution in [3.8, 4) is 11.4 Å². The molecule has 30 heavy (non-hydrogen) atoms. The van der Waals surface area contributed by atoms with Gasteiger partial charge in [-0.25, -0.2) is 18.7 Å². The number of ether oxygens (including phenoxy) is 1. The van der Waals surface area contributed by atoms with E-state index in [4.69, 9.17) is 4.74 Å². The van der Waals surface area contributed by atoms with E-state index < -0.39 is 17.1 Å². The van der Waals surface area contributed by atoms with Gasteiger partial charge < -0.3 is 9.30 Å². The fourth-order valence-corrected chi connectivity index (χ4v) is 3.33. The zero-order valence-electron chi connectivity index (χ0n) is 16.3. The molecule has 0 radical (unpaired) electrons. The molecule has 0 N–H and O–H groups in total. The highest BCUT2D eigenvalue weighted by atomic mass is 19.1. The van der Waals surface area contributed by atoms with Crippen molar-refractivity contribution in [2.75, 3.05) is 7.11 Å². The van der Waals surface area contributed by atoms with Crippen LogP contribution in [0.1, 0.15) is 5.56 Å². The Morgan fingerprint density at radius 1 is 1.10 bits per heavy atom. The number of methoxy groups -OCH3 is 1. The molecule has 2 aromatic heterocycles. The molecule has 0 fully saturated rings. The van der Waals surface area contributed by atoms with Gasteiger partial charge in [-0.1, -0.05) is 18.2 Å². The summed E-state index contributed by atoms with van der Waals surface area (Å²) in [5.41, 5.74) is 0.646. The summed E-state index contributed by atoms with van der Waals surface area (Å²) >= 11 is 0. The Hall–Kier alpha value is -3.94. The second-order valence-electron chi connectivity index (χ2n) is 6.69. The Bertz CT molecular complexity index is 1330. The van der Waals surface area contributed by atoms with Crippen molar-refractivity contribution in [3.63, 3.8) is 0 Å². The molecule has 0 saturated carbocycles. The number of allylic oxidation sites excluding steroid dienone is 1. The van der Waals surface area contributed by atoms with Crippen molar-refractivity contribution in [1.82, 2.24) is 18.7 Å². The van der Waals surface area contributed by atoms with Gasteiger partial charge in [0.1, 0.15) is 11.6 Å². The third-order valence-electron chi connectivity index (χ3n) is 4.81. The van der Waals surface area contributed by atoms with Gasteiger partial charge in [0.15, 0.2) is 11.2 Å². The van der Waals surface area contributed by atoms with Crippen molar-refractivity contribution in [3.05, 3.63) is 99.7 Å². The van der Waals surface area contributed by atoms with Crippen molar-refractivity contribution in [1.29, 1.82) is 0 Å². The number of hydrogen-bond acceptors (Lipinski definition) is 4. The summed E-state index contributed by atoms with van der Waals surface area (Å²) in [5, 5.41) is 0. The Balaban J connectivity index is 1.97. The average Bonchev–Trinajstić information content (AvgIpc) is 3.17. The Morgan fingerprint density at radius 3 is 2.43 bits per heavy atom. The van der Waals surface area contributed by atoms with Crippen molar-refractivity contribution in [2.45, 2.75) is 13.1 Å². The number of benzene rings is 2. The van der Waals surface area contributed by atoms with E-state index in [1.165, 1.54) is 35.2 Å². The van der Waals surface area contributed by atoms with Crippen LogP contribution in [-0.2, 0) is 13.1 Å². The van der Waals surface area contributed by atoms with Crippen LogP contribution in [0.5, 0.6) is 5.75 Å². The van der Waals surface area contributed by atoms with Gasteiger partial charge >= 0.3 is 5.69 Å². The molecular formula is C22H19FN4O3. The van der Waals surface area contributed by atoms with Crippen LogP contribution in [0.2, 0.25) is 0 Å². The van der Waals surface area contributed by atoms with E-state index in [9.17, 15) is 14.0 Å². The van der Waals surface area contributed by atoms with E-state index in [1.54, 1.807) is 42.0 Å². The first kappa shape index (κ1) is 19.4. The molecule has 0 aliphatic carbocycles. The number of imidazole rings is 1. The lowest BCUT2D eigenvalue weighted by Gasteiger charge is -2.13. The molecule has 0 bridgehead atoms. The Labute approximate surface area is 170 Å². The highest BCUT2D eigenvalue weighted by Gasteiger charge is 2.19. The lowest BCUT2D eigenvalue weighted by Crippen LogP contribution is -2.40. The van der Waals surface area contributed by atoms with E-state index in [0.717, 1.165) is 10.1 Å². The Kier molecular flexibility index (Phi) is 5.05. The van der Waals surface area contributed by atoms with E-state index in [-0.39, 0.29) is 17.7 Å². The maximum atomic E-state index is 13.4. The topological polar surface area (TPSA) is 71.1 Å². The molecule has 0 amide bonds. The first-order chi connectivity index (χ1) is 14.5. The smallest absolute Gasteiger partial charge is 0.337 e. The first-order valence-electron chi connectivity index (χ1n) is 9.24. The molecule has 2 heterocycles. The summed E-state index contributed by atoms with van der Waals surface area (Å²) in [6.45, 7) is 4.13. The third kappa shape index (κ3) is 3.32. The van der Waals surface area contributed by atoms with Gasteiger partial charge in [0.25, 0.3) is 5.56 Å². The summed E-state index contributed by atoms with van der Waals surface area (Å²) < 4.78 is 22.7. The van der Waals surface area contributed by atoms with Crippen LogP contribution in [0, 0.1) is 5.82 Å².